The third-order valence-corrected chi connectivity index (χ3v) is 7.64. The van der Waals surface area contributed by atoms with Crippen molar-refractivity contribution in [2.75, 3.05) is 13.7 Å². The number of hydrogen-bond donors (Lipinski definition) is 2. The first-order chi connectivity index (χ1) is 14.5. The summed E-state index contributed by atoms with van der Waals surface area (Å²) < 4.78 is 73.9. The van der Waals surface area contributed by atoms with Crippen molar-refractivity contribution in [3.8, 4) is 11.1 Å². The molecule has 0 radical (unpaired) electrons. The zero-order chi connectivity index (χ0) is 23.0. The molecule has 0 unspecified atom stereocenters. The van der Waals surface area contributed by atoms with E-state index in [4.69, 9.17) is 9.84 Å². The van der Waals surface area contributed by atoms with E-state index < -0.39 is 49.7 Å². The molecule has 2 N–H and O–H groups in total. The summed E-state index contributed by atoms with van der Waals surface area (Å²) in [6, 6.07) is 2.89. The van der Waals surface area contributed by atoms with E-state index in [-0.39, 0.29) is 31.6 Å². The lowest BCUT2D eigenvalue weighted by Gasteiger charge is -2.18. The Bertz CT molecular complexity index is 1070. The molecule has 0 aliphatic heterocycles. The molecule has 0 spiro atoms. The van der Waals surface area contributed by atoms with Gasteiger partial charge in [-0.2, -0.15) is 18.3 Å². The van der Waals surface area contributed by atoms with Crippen LogP contribution in [0.15, 0.2) is 35.5 Å². The molecule has 1 heterocycles. The summed E-state index contributed by atoms with van der Waals surface area (Å²) in [6.45, 7) is -0.0427. The fraction of sp³-hybridized carbons (Fsp3) is 0.474. The van der Waals surface area contributed by atoms with Gasteiger partial charge < -0.3 is 14.9 Å². The summed E-state index contributed by atoms with van der Waals surface area (Å²) >= 11 is 0. The van der Waals surface area contributed by atoms with E-state index in [1.165, 1.54) is 30.3 Å². The highest BCUT2D eigenvalue weighted by atomic mass is 32.2. The predicted molar refractivity (Wildman–Crippen MR) is 102 cm³/mol. The van der Waals surface area contributed by atoms with Gasteiger partial charge in [0, 0.05) is 18.9 Å². The second-order valence-electron chi connectivity index (χ2n) is 7.28. The minimum atomic E-state index is -4.95. The van der Waals surface area contributed by atoms with Crippen LogP contribution in [0, 0.1) is 5.92 Å². The normalized spacial score (nSPS) is 22.0. The molecule has 1 aliphatic carbocycles. The molecule has 0 amide bonds. The Hall–Kier alpha value is -2.44. The van der Waals surface area contributed by atoms with E-state index in [0.29, 0.717) is 5.56 Å². The maximum Gasteiger partial charge on any atom is 0.417 e. The van der Waals surface area contributed by atoms with Crippen molar-refractivity contribution >= 4 is 15.8 Å². The Morgan fingerprint density at radius 1 is 1.29 bits per heavy atom. The molecule has 1 aromatic carbocycles. The number of sulfone groups is 1. The van der Waals surface area contributed by atoms with Gasteiger partial charge in [-0.1, -0.05) is 6.07 Å². The van der Waals surface area contributed by atoms with Crippen LogP contribution in [0.3, 0.4) is 0 Å². The lowest BCUT2D eigenvalue weighted by molar-refractivity contribution is -0.145. The van der Waals surface area contributed by atoms with Crippen molar-refractivity contribution in [3.05, 3.63) is 36.2 Å². The van der Waals surface area contributed by atoms with Crippen molar-refractivity contribution in [1.29, 1.82) is 0 Å². The van der Waals surface area contributed by atoms with Crippen LogP contribution in [-0.2, 0) is 32.1 Å². The number of halogens is 3. The van der Waals surface area contributed by atoms with Gasteiger partial charge in [0.05, 0.1) is 47.1 Å². The molecule has 2 aromatic rings. The first-order valence-corrected chi connectivity index (χ1v) is 10.9. The number of rotatable bonds is 7. The minimum absolute atomic E-state index is 0.111. The fourth-order valence-corrected chi connectivity index (χ4v) is 5.83. The third kappa shape index (κ3) is 4.60. The number of aliphatic hydroxyl groups is 1. The third-order valence-electron chi connectivity index (χ3n) is 5.41. The zero-order valence-corrected chi connectivity index (χ0v) is 17.2. The Labute approximate surface area is 176 Å². The summed E-state index contributed by atoms with van der Waals surface area (Å²) in [5.41, 5.74) is -0.887. The van der Waals surface area contributed by atoms with Gasteiger partial charge in [0.25, 0.3) is 0 Å². The first-order valence-electron chi connectivity index (χ1n) is 9.33. The van der Waals surface area contributed by atoms with Gasteiger partial charge in [-0.05, 0) is 30.5 Å². The molecule has 31 heavy (non-hydrogen) atoms. The molecule has 0 bridgehead atoms. The zero-order valence-electron chi connectivity index (χ0n) is 16.4. The van der Waals surface area contributed by atoms with Crippen molar-refractivity contribution in [1.82, 2.24) is 9.78 Å². The van der Waals surface area contributed by atoms with Gasteiger partial charge >= 0.3 is 12.1 Å². The molecule has 170 valence electrons. The Morgan fingerprint density at radius 2 is 2.00 bits per heavy atom. The Morgan fingerprint density at radius 3 is 2.55 bits per heavy atom. The molecular weight excluding hydrogens is 441 g/mol. The highest BCUT2D eigenvalue weighted by Gasteiger charge is 2.47. The maximum absolute atomic E-state index is 13.8. The van der Waals surface area contributed by atoms with Gasteiger partial charge in [-0.25, -0.2) is 8.42 Å². The Kier molecular flexibility index (Phi) is 6.44. The number of aliphatic carboxylic acids is 1. The highest BCUT2D eigenvalue weighted by Crippen LogP contribution is 2.42. The number of aliphatic hydroxyl groups excluding tert-OH is 1. The van der Waals surface area contributed by atoms with Gasteiger partial charge in [-0.3, -0.25) is 9.48 Å². The van der Waals surface area contributed by atoms with Crippen LogP contribution in [0.4, 0.5) is 13.2 Å². The monoisotopic (exact) mass is 462 g/mol. The lowest BCUT2D eigenvalue weighted by Crippen LogP contribution is -2.24. The van der Waals surface area contributed by atoms with Gasteiger partial charge in [0.15, 0.2) is 9.84 Å². The van der Waals surface area contributed by atoms with E-state index in [0.717, 1.165) is 12.1 Å². The van der Waals surface area contributed by atoms with Crippen molar-refractivity contribution in [2.45, 2.75) is 41.8 Å². The van der Waals surface area contributed by atoms with E-state index in [1.807, 2.05) is 0 Å². The molecule has 1 fully saturated rings. The van der Waals surface area contributed by atoms with Crippen molar-refractivity contribution < 1.29 is 41.3 Å². The molecule has 8 nitrogen and oxygen atoms in total. The molecule has 1 aromatic heterocycles. The molecule has 12 heteroatoms. The van der Waals surface area contributed by atoms with E-state index in [1.54, 1.807) is 0 Å². The molecule has 1 aliphatic rings. The number of carboxylic acid groups (broad SMARTS) is 1. The second-order valence-corrected chi connectivity index (χ2v) is 9.48. The number of aromatic nitrogens is 2. The summed E-state index contributed by atoms with van der Waals surface area (Å²) in [6.07, 6.45) is -3.63. The standard InChI is InChI=1S/C19H21F3N2O6S/c1-30-16-8-13(7-14(16)18(26)27)31(28,29)17-3-2-11(6-15(17)19(20,21)22)12-9-23-24(10-12)4-5-25/h2-3,6,9-10,13-14,16,25H,4-5,7-8H2,1H3,(H,26,27)/t13-,14-,16-/m0/s1. The summed E-state index contributed by atoms with van der Waals surface area (Å²) in [4.78, 5) is 10.5. The van der Waals surface area contributed by atoms with Gasteiger partial charge in [-0.15, -0.1) is 0 Å². The number of hydrogen-bond acceptors (Lipinski definition) is 6. The SMILES string of the molecule is CO[C@H]1C[C@@H](S(=O)(=O)c2ccc(-c3cnn(CCO)c3)cc2C(F)(F)F)C[C@@H]1C(=O)O. The van der Waals surface area contributed by atoms with Crippen LogP contribution in [0.1, 0.15) is 18.4 Å². The van der Waals surface area contributed by atoms with Crippen LogP contribution in [0.25, 0.3) is 11.1 Å². The van der Waals surface area contributed by atoms with Gasteiger partial charge in [0.1, 0.15) is 0 Å². The lowest BCUT2D eigenvalue weighted by atomic mass is 10.1. The van der Waals surface area contributed by atoms with E-state index in [9.17, 15) is 31.5 Å². The van der Waals surface area contributed by atoms with E-state index in [2.05, 4.69) is 5.10 Å². The number of methoxy groups -OCH3 is 1. The average molecular weight is 462 g/mol. The topological polar surface area (TPSA) is 119 Å². The highest BCUT2D eigenvalue weighted by molar-refractivity contribution is 7.92. The van der Waals surface area contributed by atoms with Gasteiger partial charge in [0.2, 0.25) is 0 Å². The average Bonchev–Trinajstić information content (AvgIpc) is 3.34. The molecule has 3 atom stereocenters. The fourth-order valence-electron chi connectivity index (χ4n) is 3.82. The number of ether oxygens (including phenoxy) is 1. The first kappa shape index (κ1) is 23.2. The summed E-state index contributed by atoms with van der Waals surface area (Å²) in [7, 11) is -3.24. The number of benzene rings is 1. The summed E-state index contributed by atoms with van der Waals surface area (Å²) in [5, 5.41) is 20.9. The van der Waals surface area contributed by atoms with Crippen LogP contribution in [-0.4, -0.2) is 59.5 Å². The van der Waals surface area contributed by atoms with Crippen molar-refractivity contribution in [3.63, 3.8) is 0 Å². The predicted octanol–water partition coefficient (Wildman–Crippen LogP) is 2.21. The van der Waals surface area contributed by atoms with Crippen LogP contribution in [0.5, 0.6) is 0 Å². The van der Waals surface area contributed by atoms with E-state index >= 15 is 0 Å². The minimum Gasteiger partial charge on any atom is -0.481 e. The number of alkyl halides is 3. The molecule has 3 rings (SSSR count). The van der Waals surface area contributed by atoms with Crippen molar-refractivity contribution in [2.24, 2.45) is 5.92 Å². The van der Waals surface area contributed by atoms with Crippen LogP contribution >= 0.6 is 0 Å². The smallest absolute Gasteiger partial charge is 0.417 e. The summed E-state index contributed by atoms with van der Waals surface area (Å²) in [5.74, 6) is -2.37. The number of nitrogens with zero attached hydrogens (tertiary/aromatic N) is 2. The second kappa shape index (κ2) is 8.60. The number of carbonyl (C=O) groups is 1. The Balaban J connectivity index is 2.03. The number of carboxylic acids is 1. The molecule has 0 saturated heterocycles. The van der Waals surface area contributed by atoms with Crippen LogP contribution in [0.2, 0.25) is 0 Å². The maximum atomic E-state index is 13.8. The quantitative estimate of drug-likeness (QED) is 0.648. The molecular formula is C19H21F3N2O6S. The largest absolute Gasteiger partial charge is 0.481 e. The molecule has 1 saturated carbocycles. The van der Waals surface area contributed by atoms with Crippen LogP contribution < -0.4 is 0 Å².